The van der Waals surface area contributed by atoms with Crippen molar-refractivity contribution in [2.24, 2.45) is 0 Å². The minimum absolute atomic E-state index is 0.0800. The van der Waals surface area contributed by atoms with Crippen molar-refractivity contribution in [1.29, 1.82) is 0 Å². The van der Waals surface area contributed by atoms with Crippen molar-refractivity contribution in [3.63, 3.8) is 0 Å². The zero-order chi connectivity index (χ0) is 17.2. The quantitative estimate of drug-likeness (QED) is 0.590. The molecule has 23 heavy (non-hydrogen) atoms. The van der Waals surface area contributed by atoms with Gasteiger partial charge in [-0.2, -0.15) is 0 Å². The van der Waals surface area contributed by atoms with Gasteiger partial charge in [-0.15, -0.1) is 0 Å². The normalized spacial score (nSPS) is 11.4. The Bertz CT molecular complexity index is 542. The number of rotatable bonds is 9. The smallest absolute Gasteiger partial charge is 0.303 e. The number of hydrogen-bond acceptors (Lipinski definition) is 4. The SMILES string of the molecule is CC(=O)NC(C)C(=O)NCc1ccc(OCCCC(=O)O)cc1. The highest BCUT2D eigenvalue weighted by molar-refractivity contribution is 5.86. The summed E-state index contributed by atoms with van der Waals surface area (Å²) in [4.78, 5) is 33.0. The number of carboxylic acid groups (broad SMARTS) is 1. The lowest BCUT2D eigenvalue weighted by molar-refractivity contribution is -0.137. The molecular formula is C16H22N2O5. The molecule has 7 heteroatoms. The fraction of sp³-hybridized carbons (Fsp3) is 0.438. The number of carbonyl (C=O) groups is 3. The second-order valence-electron chi connectivity index (χ2n) is 5.13. The molecule has 0 fully saturated rings. The van der Waals surface area contributed by atoms with Gasteiger partial charge < -0.3 is 20.5 Å². The van der Waals surface area contributed by atoms with Gasteiger partial charge in [-0.3, -0.25) is 14.4 Å². The number of carbonyl (C=O) groups excluding carboxylic acids is 2. The van der Waals surface area contributed by atoms with E-state index in [0.29, 0.717) is 25.3 Å². The van der Waals surface area contributed by atoms with E-state index >= 15 is 0 Å². The summed E-state index contributed by atoms with van der Waals surface area (Å²) in [5.74, 6) is -0.698. The van der Waals surface area contributed by atoms with Crippen LogP contribution in [0.15, 0.2) is 24.3 Å². The van der Waals surface area contributed by atoms with Gasteiger partial charge in [0.05, 0.1) is 6.61 Å². The minimum atomic E-state index is -0.840. The van der Waals surface area contributed by atoms with E-state index in [1.807, 2.05) is 12.1 Å². The monoisotopic (exact) mass is 322 g/mol. The van der Waals surface area contributed by atoms with Crippen molar-refractivity contribution < 1.29 is 24.2 Å². The van der Waals surface area contributed by atoms with Gasteiger partial charge in [-0.25, -0.2) is 0 Å². The summed E-state index contributed by atoms with van der Waals surface area (Å²) in [6.07, 6.45) is 0.533. The Morgan fingerprint density at radius 3 is 2.43 bits per heavy atom. The Hall–Kier alpha value is -2.57. The predicted molar refractivity (Wildman–Crippen MR) is 83.9 cm³/mol. The second-order valence-corrected chi connectivity index (χ2v) is 5.13. The van der Waals surface area contributed by atoms with Crippen LogP contribution < -0.4 is 15.4 Å². The molecule has 1 rings (SSSR count). The molecule has 126 valence electrons. The van der Waals surface area contributed by atoms with Crippen LogP contribution in [-0.4, -0.2) is 35.5 Å². The summed E-state index contributed by atoms with van der Waals surface area (Å²) < 4.78 is 5.42. The Labute approximate surface area is 135 Å². The molecular weight excluding hydrogens is 300 g/mol. The van der Waals surface area contributed by atoms with E-state index in [2.05, 4.69) is 10.6 Å². The lowest BCUT2D eigenvalue weighted by atomic mass is 10.2. The highest BCUT2D eigenvalue weighted by atomic mass is 16.5. The molecule has 0 aliphatic carbocycles. The fourth-order valence-corrected chi connectivity index (χ4v) is 1.83. The number of hydrogen-bond donors (Lipinski definition) is 3. The van der Waals surface area contributed by atoms with Crippen molar-refractivity contribution >= 4 is 17.8 Å². The van der Waals surface area contributed by atoms with Crippen molar-refractivity contribution in [2.75, 3.05) is 6.61 Å². The maximum Gasteiger partial charge on any atom is 0.303 e. The zero-order valence-corrected chi connectivity index (χ0v) is 13.3. The highest BCUT2D eigenvalue weighted by Gasteiger charge is 2.12. The average Bonchev–Trinajstić information content (AvgIpc) is 2.49. The molecule has 1 aromatic rings. The third-order valence-electron chi connectivity index (χ3n) is 3.01. The minimum Gasteiger partial charge on any atom is -0.494 e. The van der Waals surface area contributed by atoms with Crippen LogP contribution in [0.1, 0.15) is 32.3 Å². The van der Waals surface area contributed by atoms with E-state index < -0.39 is 12.0 Å². The molecule has 0 saturated heterocycles. The summed E-state index contributed by atoms with van der Waals surface area (Å²) in [6, 6.07) is 6.58. The van der Waals surface area contributed by atoms with Crippen LogP contribution in [0.3, 0.4) is 0 Å². The topological polar surface area (TPSA) is 105 Å². The van der Waals surface area contributed by atoms with Crippen molar-refractivity contribution in [3.05, 3.63) is 29.8 Å². The zero-order valence-electron chi connectivity index (χ0n) is 13.3. The number of carboxylic acids is 1. The first kappa shape index (κ1) is 18.5. The molecule has 0 aliphatic heterocycles. The molecule has 0 heterocycles. The number of ether oxygens (including phenoxy) is 1. The van der Waals surface area contributed by atoms with Crippen molar-refractivity contribution in [3.8, 4) is 5.75 Å². The van der Waals surface area contributed by atoms with Crippen LogP contribution in [0.2, 0.25) is 0 Å². The van der Waals surface area contributed by atoms with E-state index in [4.69, 9.17) is 9.84 Å². The largest absolute Gasteiger partial charge is 0.494 e. The molecule has 1 unspecified atom stereocenters. The summed E-state index contributed by atoms with van der Waals surface area (Å²) in [5, 5.41) is 13.8. The van der Waals surface area contributed by atoms with Crippen LogP contribution >= 0.6 is 0 Å². The number of amides is 2. The van der Waals surface area contributed by atoms with Gasteiger partial charge in [-0.05, 0) is 31.0 Å². The third-order valence-corrected chi connectivity index (χ3v) is 3.01. The maximum absolute atomic E-state index is 11.7. The van der Waals surface area contributed by atoms with Gasteiger partial charge >= 0.3 is 5.97 Å². The maximum atomic E-state index is 11.7. The summed E-state index contributed by atoms with van der Waals surface area (Å²) in [5.41, 5.74) is 0.895. The average molecular weight is 322 g/mol. The first-order chi connectivity index (χ1) is 10.9. The van der Waals surface area contributed by atoms with Crippen LogP contribution in [-0.2, 0) is 20.9 Å². The highest BCUT2D eigenvalue weighted by Crippen LogP contribution is 2.12. The van der Waals surface area contributed by atoms with Gasteiger partial charge in [-0.1, -0.05) is 12.1 Å². The van der Waals surface area contributed by atoms with Crippen LogP contribution in [0.25, 0.3) is 0 Å². The van der Waals surface area contributed by atoms with E-state index in [1.54, 1.807) is 19.1 Å². The Kier molecular flexibility index (Phi) is 7.59. The molecule has 2 amide bonds. The third kappa shape index (κ3) is 7.85. The van der Waals surface area contributed by atoms with E-state index in [1.165, 1.54) is 6.92 Å². The molecule has 1 aromatic carbocycles. The van der Waals surface area contributed by atoms with Crippen LogP contribution in [0.5, 0.6) is 5.75 Å². The molecule has 0 aromatic heterocycles. The molecule has 7 nitrogen and oxygen atoms in total. The molecule has 0 saturated carbocycles. The van der Waals surface area contributed by atoms with Crippen LogP contribution in [0, 0.1) is 0 Å². The molecule has 0 spiro atoms. The van der Waals surface area contributed by atoms with Crippen molar-refractivity contribution in [2.45, 2.75) is 39.3 Å². The van der Waals surface area contributed by atoms with Gasteiger partial charge in [0.1, 0.15) is 11.8 Å². The summed E-state index contributed by atoms with van der Waals surface area (Å²) in [7, 11) is 0. The van der Waals surface area contributed by atoms with E-state index in [0.717, 1.165) is 5.56 Å². The Balaban J connectivity index is 2.35. The Morgan fingerprint density at radius 2 is 1.87 bits per heavy atom. The van der Waals surface area contributed by atoms with Gasteiger partial charge in [0, 0.05) is 19.9 Å². The number of aliphatic carboxylic acids is 1. The standard InChI is InChI=1S/C16H22N2O5/c1-11(18-12(2)19)16(22)17-10-13-5-7-14(8-6-13)23-9-3-4-15(20)21/h5-8,11H,3-4,9-10H2,1-2H3,(H,17,22)(H,18,19)(H,20,21). The predicted octanol–water partition coefficient (Wildman–Crippen LogP) is 1.07. The number of nitrogens with one attached hydrogen (secondary N) is 2. The lowest BCUT2D eigenvalue weighted by Crippen LogP contribution is -2.43. The van der Waals surface area contributed by atoms with Gasteiger partial charge in [0.2, 0.25) is 11.8 Å². The lowest BCUT2D eigenvalue weighted by Gasteiger charge is -2.13. The Morgan fingerprint density at radius 1 is 1.22 bits per heavy atom. The van der Waals surface area contributed by atoms with Crippen molar-refractivity contribution in [1.82, 2.24) is 10.6 Å². The second kappa shape index (κ2) is 9.45. The first-order valence-corrected chi connectivity index (χ1v) is 7.37. The molecule has 0 bridgehead atoms. The fourth-order valence-electron chi connectivity index (χ4n) is 1.83. The number of benzene rings is 1. The molecule has 3 N–H and O–H groups in total. The van der Waals surface area contributed by atoms with Gasteiger partial charge in [0.15, 0.2) is 0 Å². The first-order valence-electron chi connectivity index (χ1n) is 7.37. The van der Waals surface area contributed by atoms with E-state index in [9.17, 15) is 14.4 Å². The molecule has 0 aliphatic rings. The summed E-state index contributed by atoms with van der Waals surface area (Å²) in [6.45, 7) is 3.67. The van der Waals surface area contributed by atoms with E-state index in [-0.39, 0.29) is 18.2 Å². The molecule has 1 atom stereocenters. The molecule has 0 radical (unpaired) electrons. The van der Waals surface area contributed by atoms with Crippen LogP contribution in [0.4, 0.5) is 0 Å². The van der Waals surface area contributed by atoms with Gasteiger partial charge in [0.25, 0.3) is 0 Å². The summed E-state index contributed by atoms with van der Waals surface area (Å²) >= 11 is 0.